The van der Waals surface area contributed by atoms with Gasteiger partial charge in [0.1, 0.15) is 11.6 Å². The van der Waals surface area contributed by atoms with Crippen LogP contribution in [0, 0.1) is 6.92 Å². The number of nitrogens with one attached hydrogen (secondary N) is 1. The van der Waals surface area contributed by atoms with E-state index in [1.807, 2.05) is 19.1 Å². The van der Waals surface area contributed by atoms with E-state index in [1.165, 1.54) is 17.7 Å². The Labute approximate surface area is 98.6 Å². The Balaban J connectivity index is 1.95. The molecule has 4 heteroatoms. The Kier molecular flexibility index (Phi) is 2.36. The number of hydrogen-bond acceptors (Lipinski definition) is 4. The summed E-state index contributed by atoms with van der Waals surface area (Å²) in [6, 6.07) is 6.81. The zero-order valence-electron chi connectivity index (χ0n) is 9.10. The molecule has 0 unspecified atom stereocenters. The zero-order chi connectivity index (χ0) is 11.0. The minimum Gasteiger partial charge on any atom is -0.367 e. The molecule has 2 aromatic heterocycles. The summed E-state index contributed by atoms with van der Waals surface area (Å²) in [5, 5.41) is 5.48. The van der Waals surface area contributed by atoms with Gasteiger partial charge in [0, 0.05) is 12.1 Å². The molecule has 0 aliphatic heterocycles. The molecule has 1 aliphatic carbocycles. The summed E-state index contributed by atoms with van der Waals surface area (Å²) in [6.07, 6.45) is 2.52. The van der Waals surface area contributed by atoms with Crippen LogP contribution in [-0.4, -0.2) is 16.0 Å². The Morgan fingerprint density at radius 2 is 2.25 bits per heavy atom. The van der Waals surface area contributed by atoms with Crippen LogP contribution in [0.25, 0.3) is 10.6 Å². The monoisotopic (exact) mass is 231 g/mol. The standard InChI is InChI=1S/C12H13N3S/c1-8-13-10(11-3-2-6-16-11)7-12(14-8)15-9-4-5-9/h2-3,6-7,9H,4-5H2,1H3,(H,13,14,15). The minimum atomic E-state index is 0.630. The van der Waals surface area contributed by atoms with E-state index in [0.29, 0.717) is 6.04 Å². The van der Waals surface area contributed by atoms with Crippen LogP contribution in [0.5, 0.6) is 0 Å². The van der Waals surface area contributed by atoms with Crippen molar-refractivity contribution in [1.82, 2.24) is 9.97 Å². The molecule has 2 aromatic rings. The van der Waals surface area contributed by atoms with Crippen LogP contribution in [0.3, 0.4) is 0 Å². The van der Waals surface area contributed by atoms with Crippen LogP contribution in [0.2, 0.25) is 0 Å². The second kappa shape index (κ2) is 3.87. The van der Waals surface area contributed by atoms with Crippen molar-refractivity contribution in [3.8, 4) is 10.6 Å². The van der Waals surface area contributed by atoms with Crippen LogP contribution in [0.15, 0.2) is 23.6 Å². The Hall–Kier alpha value is -1.42. The van der Waals surface area contributed by atoms with E-state index in [2.05, 4.69) is 26.7 Å². The largest absolute Gasteiger partial charge is 0.367 e. The topological polar surface area (TPSA) is 37.8 Å². The van der Waals surface area contributed by atoms with E-state index in [9.17, 15) is 0 Å². The molecule has 16 heavy (non-hydrogen) atoms. The second-order valence-electron chi connectivity index (χ2n) is 4.08. The Morgan fingerprint density at radius 1 is 1.38 bits per heavy atom. The van der Waals surface area contributed by atoms with Crippen molar-refractivity contribution in [1.29, 1.82) is 0 Å². The third kappa shape index (κ3) is 2.07. The summed E-state index contributed by atoms with van der Waals surface area (Å²) < 4.78 is 0. The van der Waals surface area contributed by atoms with Crippen LogP contribution in [0.4, 0.5) is 5.82 Å². The van der Waals surface area contributed by atoms with Gasteiger partial charge in [-0.2, -0.15) is 0 Å². The number of nitrogens with zero attached hydrogens (tertiary/aromatic N) is 2. The van der Waals surface area contributed by atoms with Crippen molar-refractivity contribution >= 4 is 17.2 Å². The third-order valence-electron chi connectivity index (χ3n) is 2.54. The predicted octanol–water partition coefficient (Wildman–Crippen LogP) is 3.09. The van der Waals surface area contributed by atoms with Gasteiger partial charge >= 0.3 is 0 Å². The van der Waals surface area contributed by atoms with E-state index in [-0.39, 0.29) is 0 Å². The van der Waals surface area contributed by atoms with E-state index < -0.39 is 0 Å². The maximum absolute atomic E-state index is 4.46. The summed E-state index contributed by atoms with van der Waals surface area (Å²) >= 11 is 1.71. The number of anilines is 1. The van der Waals surface area contributed by atoms with Gasteiger partial charge in [-0.25, -0.2) is 9.97 Å². The Bertz CT molecular complexity index is 489. The van der Waals surface area contributed by atoms with Crippen molar-refractivity contribution < 1.29 is 0 Å². The fourth-order valence-electron chi connectivity index (χ4n) is 1.63. The first-order valence-corrected chi connectivity index (χ1v) is 6.35. The van der Waals surface area contributed by atoms with Gasteiger partial charge in [-0.15, -0.1) is 11.3 Å². The van der Waals surface area contributed by atoms with E-state index in [4.69, 9.17) is 0 Å². The summed E-state index contributed by atoms with van der Waals surface area (Å²) in [5.41, 5.74) is 1.02. The van der Waals surface area contributed by atoms with Crippen LogP contribution >= 0.6 is 11.3 Å². The van der Waals surface area contributed by atoms with Gasteiger partial charge in [-0.1, -0.05) is 6.07 Å². The molecule has 1 N–H and O–H groups in total. The van der Waals surface area contributed by atoms with Gasteiger partial charge in [0.2, 0.25) is 0 Å². The summed E-state index contributed by atoms with van der Waals surface area (Å²) in [4.78, 5) is 10.1. The molecule has 0 atom stereocenters. The molecule has 0 bridgehead atoms. The molecular formula is C12H13N3S. The van der Waals surface area contributed by atoms with Gasteiger partial charge in [0.25, 0.3) is 0 Å². The lowest BCUT2D eigenvalue weighted by Crippen LogP contribution is -2.05. The maximum atomic E-state index is 4.46. The van der Waals surface area contributed by atoms with Crippen molar-refractivity contribution in [2.75, 3.05) is 5.32 Å². The van der Waals surface area contributed by atoms with Gasteiger partial charge in [0.15, 0.2) is 0 Å². The molecule has 0 spiro atoms. The zero-order valence-corrected chi connectivity index (χ0v) is 9.92. The molecule has 3 nitrogen and oxygen atoms in total. The highest BCUT2D eigenvalue weighted by molar-refractivity contribution is 7.13. The highest BCUT2D eigenvalue weighted by Gasteiger charge is 2.21. The third-order valence-corrected chi connectivity index (χ3v) is 3.43. The average molecular weight is 231 g/mol. The fourth-order valence-corrected chi connectivity index (χ4v) is 2.32. The number of hydrogen-bond donors (Lipinski definition) is 1. The van der Waals surface area contributed by atoms with Gasteiger partial charge < -0.3 is 5.32 Å². The van der Waals surface area contributed by atoms with Crippen LogP contribution < -0.4 is 5.32 Å². The second-order valence-corrected chi connectivity index (χ2v) is 5.03. The van der Waals surface area contributed by atoms with Gasteiger partial charge in [-0.3, -0.25) is 0 Å². The first-order chi connectivity index (χ1) is 7.81. The fraction of sp³-hybridized carbons (Fsp3) is 0.333. The lowest BCUT2D eigenvalue weighted by atomic mass is 10.3. The van der Waals surface area contributed by atoms with Crippen LogP contribution in [-0.2, 0) is 0 Å². The lowest BCUT2D eigenvalue weighted by Gasteiger charge is -2.06. The van der Waals surface area contributed by atoms with Crippen molar-refractivity contribution in [3.05, 3.63) is 29.4 Å². The van der Waals surface area contributed by atoms with Crippen LogP contribution in [0.1, 0.15) is 18.7 Å². The van der Waals surface area contributed by atoms with E-state index in [1.54, 1.807) is 11.3 Å². The first kappa shape index (κ1) is 9.78. The van der Waals surface area contributed by atoms with Crippen molar-refractivity contribution in [2.45, 2.75) is 25.8 Å². The smallest absolute Gasteiger partial charge is 0.130 e. The number of rotatable bonds is 3. The molecule has 3 rings (SSSR count). The Morgan fingerprint density at radius 3 is 2.94 bits per heavy atom. The molecule has 0 radical (unpaired) electrons. The SMILES string of the molecule is Cc1nc(NC2CC2)cc(-c2cccs2)n1. The number of aryl methyl sites for hydroxylation is 1. The molecular weight excluding hydrogens is 218 g/mol. The molecule has 0 amide bonds. The number of thiophene rings is 1. The molecule has 0 aromatic carbocycles. The predicted molar refractivity (Wildman–Crippen MR) is 66.7 cm³/mol. The first-order valence-electron chi connectivity index (χ1n) is 5.47. The van der Waals surface area contributed by atoms with Crippen molar-refractivity contribution in [2.24, 2.45) is 0 Å². The molecule has 1 fully saturated rings. The summed E-state index contributed by atoms with van der Waals surface area (Å²) in [5.74, 6) is 1.78. The normalized spacial score (nSPS) is 15.1. The molecule has 1 saturated carbocycles. The molecule has 82 valence electrons. The lowest BCUT2D eigenvalue weighted by molar-refractivity contribution is 1.03. The van der Waals surface area contributed by atoms with Crippen molar-refractivity contribution in [3.63, 3.8) is 0 Å². The minimum absolute atomic E-state index is 0.630. The van der Waals surface area contributed by atoms with Gasteiger partial charge in [0.05, 0.1) is 10.6 Å². The summed E-state index contributed by atoms with van der Waals surface area (Å²) in [6.45, 7) is 1.94. The average Bonchev–Trinajstić information content (AvgIpc) is 2.90. The molecule has 0 saturated heterocycles. The molecule has 2 heterocycles. The highest BCUT2D eigenvalue weighted by atomic mass is 32.1. The van der Waals surface area contributed by atoms with Gasteiger partial charge in [-0.05, 0) is 31.2 Å². The number of aromatic nitrogens is 2. The van der Waals surface area contributed by atoms with E-state index in [0.717, 1.165) is 17.3 Å². The maximum Gasteiger partial charge on any atom is 0.130 e. The molecule has 1 aliphatic rings. The van der Waals surface area contributed by atoms with E-state index >= 15 is 0 Å². The summed E-state index contributed by atoms with van der Waals surface area (Å²) in [7, 11) is 0. The highest BCUT2D eigenvalue weighted by Crippen LogP contribution is 2.27. The quantitative estimate of drug-likeness (QED) is 0.882.